The molecule has 6 nitrogen and oxygen atoms in total. The highest BCUT2D eigenvalue weighted by atomic mass is 32.1. The van der Waals surface area contributed by atoms with Crippen molar-refractivity contribution < 1.29 is 18.7 Å². The number of ether oxygens (including phenoxy) is 1. The fourth-order valence-electron chi connectivity index (χ4n) is 2.15. The topological polar surface area (TPSA) is 80.3 Å². The third-order valence-corrected chi connectivity index (χ3v) is 4.49. The molecule has 0 saturated carbocycles. The number of amides is 2. The third kappa shape index (κ3) is 5.11. The van der Waals surface area contributed by atoms with E-state index in [1.807, 2.05) is 24.3 Å². The zero-order chi connectivity index (χ0) is 19.2. The molecule has 27 heavy (non-hydrogen) atoms. The molecule has 0 saturated heterocycles. The molecule has 3 aromatic rings. The number of halogens is 1. The lowest BCUT2D eigenvalue weighted by molar-refractivity contribution is -0.131. The van der Waals surface area contributed by atoms with Gasteiger partial charge in [-0.05, 0) is 49.4 Å². The van der Waals surface area contributed by atoms with Crippen LogP contribution >= 0.6 is 11.3 Å². The molecule has 1 heterocycles. The largest absolute Gasteiger partial charge is 0.481 e. The first-order chi connectivity index (χ1) is 13.0. The fourth-order valence-corrected chi connectivity index (χ4v) is 3.02. The number of nitrogens with one attached hydrogen (secondary N) is 2. The van der Waals surface area contributed by atoms with Gasteiger partial charge >= 0.3 is 0 Å². The van der Waals surface area contributed by atoms with Crippen molar-refractivity contribution in [2.75, 3.05) is 0 Å². The lowest BCUT2D eigenvalue weighted by Crippen LogP contribution is -2.46. The van der Waals surface area contributed by atoms with Crippen LogP contribution in [0.5, 0.6) is 5.75 Å². The summed E-state index contributed by atoms with van der Waals surface area (Å²) in [6.07, 6.45) is 1.98. The average molecular weight is 385 g/mol. The third-order valence-electron chi connectivity index (χ3n) is 3.49. The molecule has 0 aliphatic heterocycles. The molecule has 0 fully saturated rings. The van der Waals surface area contributed by atoms with Gasteiger partial charge in [-0.15, -0.1) is 11.3 Å². The van der Waals surface area contributed by atoms with Gasteiger partial charge in [0, 0.05) is 6.08 Å². The van der Waals surface area contributed by atoms with Gasteiger partial charge < -0.3 is 4.74 Å². The van der Waals surface area contributed by atoms with Crippen LogP contribution in [0.15, 0.2) is 54.6 Å². The normalized spacial score (nSPS) is 12.1. The molecule has 138 valence electrons. The van der Waals surface area contributed by atoms with Crippen molar-refractivity contribution in [1.82, 2.24) is 15.8 Å². The van der Waals surface area contributed by atoms with Gasteiger partial charge in [0.25, 0.3) is 11.8 Å². The smallest absolute Gasteiger partial charge is 0.279 e. The predicted octanol–water partition coefficient (Wildman–Crippen LogP) is 3.06. The Morgan fingerprint density at radius 1 is 1.15 bits per heavy atom. The van der Waals surface area contributed by atoms with Gasteiger partial charge in [-0.1, -0.05) is 12.1 Å². The summed E-state index contributed by atoms with van der Waals surface area (Å²) in [7, 11) is 0. The second-order valence-electron chi connectivity index (χ2n) is 5.55. The Kier molecular flexibility index (Phi) is 5.77. The van der Waals surface area contributed by atoms with Gasteiger partial charge in [0.05, 0.1) is 10.2 Å². The van der Waals surface area contributed by atoms with Crippen LogP contribution in [0.1, 0.15) is 11.9 Å². The van der Waals surface area contributed by atoms with E-state index >= 15 is 0 Å². The Balaban J connectivity index is 1.48. The van der Waals surface area contributed by atoms with Crippen molar-refractivity contribution in [3.05, 3.63) is 65.4 Å². The quantitative estimate of drug-likeness (QED) is 0.523. The summed E-state index contributed by atoms with van der Waals surface area (Å²) in [4.78, 5) is 28.2. The van der Waals surface area contributed by atoms with Crippen LogP contribution in [-0.2, 0) is 9.59 Å². The molecule has 0 radical (unpaired) electrons. The van der Waals surface area contributed by atoms with Crippen LogP contribution in [0.25, 0.3) is 16.3 Å². The van der Waals surface area contributed by atoms with Gasteiger partial charge in [0.1, 0.15) is 16.6 Å². The maximum Gasteiger partial charge on any atom is 0.279 e. The van der Waals surface area contributed by atoms with E-state index in [0.29, 0.717) is 10.8 Å². The number of hydrogen-bond acceptors (Lipinski definition) is 5. The number of benzene rings is 2. The van der Waals surface area contributed by atoms with E-state index in [4.69, 9.17) is 4.74 Å². The standard InChI is InChI=1S/C19H16FN3O3S/c1-12(26-14-8-6-13(20)7-9-14)19(25)23-22-17(24)10-11-18-21-15-4-2-3-5-16(15)27-18/h2-12H,1H3,(H,22,24)(H,23,25)/b11-10+/t12-/m0/s1. The molecule has 2 amide bonds. The van der Waals surface area contributed by atoms with Gasteiger partial charge in [-0.25, -0.2) is 9.37 Å². The Bertz CT molecular complexity index is 952. The summed E-state index contributed by atoms with van der Waals surface area (Å²) >= 11 is 1.46. The van der Waals surface area contributed by atoms with E-state index in [-0.39, 0.29) is 0 Å². The summed E-state index contributed by atoms with van der Waals surface area (Å²) in [5.41, 5.74) is 5.41. The number of aromatic nitrogens is 1. The molecule has 0 unspecified atom stereocenters. The summed E-state index contributed by atoms with van der Waals surface area (Å²) in [6.45, 7) is 1.52. The number of para-hydroxylation sites is 1. The second-order valence-corrected chi connectivity index (χ2v) is 6.61. The minimum absolute atomic E-state index is 0.348. The van der Waals surface area contributed by atoms with E-state index in [9.17, 15) is 14.0 Å². The molecule has 8 heteroatoms. The first-order valence-electron chi connectivity index (χ1n) is 8.07. The maximum absolute atomic E-state index is 12.9. The SMILES string of the molecule is C[C@H](Oc1ccc(F)cc1)C(=O)NNC(=O)/C=C/c1nc2ccccc2s1. The summed E-state index contributed by atoms with van der Waals surface area (Å²) < 4.78 is 19.3. The van der Waals surface area contributed by atoms with Crippen LogP contribution in [0.2, 0.25) is 0 Å². The van der Waals surface area contributed by atoms with E-state index in [1.165, 1.54) is 48.6 Å². The van der Waals surface area contributed by atoms with Gasteiger partial charge in [-0.2, -0.15) is 0 Å². The van der Waals surface area contributed by atoms with E-state index in [2.05, 4.69) is 15.8 Å². The first kappa shape index (κ1) is 18.5. The number of rotatable bonds is 5. The maximum atomic E-state index is 12.9. The number of carbonyl (C=O) groups excluding carboxylic acids is 2. The molecule has 2 N–H and O–H groups in total. The molecular weight excluding hydrogens is 369 g/mol. The van der Waals surface area contributed by atoms with E-state index in [0.717, 1.165) is 10.2 Å². The Labute approximate surface area is 158 Å². The zero-order valence-corrected chi connectivity index (χ0v) is 15.1. The molecule has 0 aliphatic carbocycles. The van der Waals surface area contributed by atoms with Crippen LogP contribution in [0.4, 0.5) is 4.39 Å². The van der Waals surface area contributed by atoms with Crippen LogP contribution < -0.4 is 15.6 Å². The molecule has 0 spiro atoms. The monoisotopic (exact) mass is 385 g/mol. The van der Waals surface area contributed by atoms with Crippen molar-refractivity contribution in [3.63, 3.8) is 0 Å². The van der Waals surface area contributed by atoms with Crippen molar-refractivity contribution in [1.29, 1.82) is 0 Å². The van der Waals surface area contributed by atoms with Crippen LogP contribution in [0, 0.1) is 5.82 Å². The Hall–Kier alpha value is -3.26. The molecule has 1 atom stereocenters. The highest BCUT2D eigenvalue weighted by Crippen LogP contribution is 2.22. The van der Waals surface area contributed by atoms with Crippen molar-refractivity contribution in [2.45, 2.75) is 13.0 Å². The Morgan fingerprint density at radius 3 is 2.63 bits per heavy atom. The Morgan fingerprint density at radius 2 is 1.89 bits per heavy atom. The predicted molar refractivity (Wildman–Crippen MR) is 101 cm³/mol. The number of carbonyl (C=O) groups is 2. The van der Waals surface area contributed by atoms with Crippen molar-refractivity contribution in [3.8, 4) is 5.75 Å². The number of hydrogen-bond donors (Lipinski definition) is 2. The fraction of sp³-hybridized carbons (Fsp3) is 0.105. The number of nitrogens with zero attached hydrogens (tertiary/aromatic N) is 1. The van der Waals surface area contributed by atoms with Gasteiger partial charge in [0.15, 0.2) is 6.10 Å². The highest BCUT2D eigenvalue weighted by molar-refractivity contribution is 7.19. The molecule has 0 bridgehead atoms. The molecule has 2 aromatic carbocycles. The van der Waals surface area contributed by atoms with Crippen LogP contribution in [0.3, 0.4) is 0 Å². The molecule has 1 aromatic heterocycles. The van der Waals surface area contributed by atoms with Crippen LogP contribution in [-0.4, -0.2) is 22.9 Å². The molecule has 0 aliphatic rings. The minimum atomic E-state index is -0.871. The highest BCUT2D eigenvalue weighted by Gasteiger charge is 2.15. The number of fused-ring (bicyclic) bond motifs is 1. The van der Waals surface area contributed by atoms with Gasteiger partial charge in [0.2, 0.25) is 0 Å². The number of thiazole rings is 1. The average Bonchev–Trinajstić information content (AvgIpc) is 3.09. The van der Waals surface area contributed by atoms with E-state index in [1.54, 1.807) is 6.08 Å². The van der Waals surface area contributed by atoms with Crippen molar-refractivity contribution in [2.24, 2.45) is 0 Å². The molecular formula is C19H16FN3O3S. The summed E-state index contributed by atoms with van der Waals surface area (Å²) in [6, 6.07) is 13.0. The van der Waals surface area contributed by atoms with E-state index < -0.39 is 23.7 Å². The summed E-state index contributed by atoms with van der Waals surface area (Å²) in [5.74, 6) is -1.09. The first-order valence-corrected chi connectivity index (χ1v) is 8.88. The number of hydrazine groups is 1. The van der Waals surface area contributed by atoms with Crippen molar-refractivity contribution >= 4 is 39.4 Å². The zero-order valence-electron chi connectivity index (χ0n) is 14.3. The summed E-state index contributed by atoms with van der Waals surface area (Å²) in [5, 5.41) is 0.686. The second kappa shape index (κ2) is 8.41. The molecule has 3 rings (SSSR count). The minimum Gasteiger partial charge on any atom is -0.481 e. The lowest BCUT2D eigenvalue weighted by Gasteiger charge is -2.14. The lowest BCUT2D eigenvalue weighted by atomic mass is 10.3. The van der Waals surface area contributed by atoms with Gasteiger partial charge in [-0.3, -0.25) is 20.4 Å².